The highest BCUT2D eigenvalue weighted by Gasteiger charge is 2.18. The average Bonchev–Trinajstić information content (AvgIpc) is 2.09. The zero-order valence-corrected chi connectivity index (χ0v) is 9.98. The number of rotatable bonds is 2. The summed E-state index contributed by atoms with van der Waals surface area (Å²) in [6.07, 6.45) is 0.947. The molecule has 0 aliphatic heterocycles. The molecule has 0 heterocycles. The Labute approximate surface area is 88.5 Å². The van der Waals surface area contributed by atoms with E-state index < -0.39 is 0 Å². The lowest BCUT2D eigenvalue weighted by molar-refractivity contribution is 0.476. The van der Waals surface area contributed by atoms with Gasteiger partial charge in [-0.25, -0.2) is 0 Å². The molecule has 1 nitrogen and oxygen atoms in total. The van der Waals surface area contributed by atoms with Crippen LogP contribution in [0.1, 0.15) is 31.4 Å². The summed E-state index contributed by atoms with van der Waals surface area (Å²) in [6, 6.07) is 6.31. The Morgan fingerprint density at radius 3 is 2.54 bits per heavy atom. The van der Waals surface area contributed by atoms with Gasteiger partial charge in [0, 0.05) is 10.0 Å². The van der Waals surface area contributed by atoms with Crippen molar-refractivity contribution in [2.75, 3.05) is 0 Å². The van der Waals surface area contributed by atoms with Crippen molar-refractivity contribution in [2.24, 2.45) is 5.73 Å². The van der Waals surface area contributed by atoms with Crippen LogP contribution in [0, 0.1) is 6.92 Å². The quantitative estimate of drug-likeness (QED) is 0.845. The molecule has 0 saturated heterocycles. The molecule has 1 atom stereocenters. The number of hydrogen-bond donors (Lipinski definition) is 1. The Balaban J connectivity index is 3.10. The predicted molar refractivity (Wildman–Crippen MR) is 60.7 cm³/mol. The Morgan fingerprint density at radius 1 is 1.46 bits per heavy atom. The lowest BCUT2D eigenvalue weighted by atomic mass is 9.90. The van der Waals surface area contributed by atoms with Crippen LogP contribution >= 0.6 is 15.9 Å². The summed E-state index contributed by atoms with van der Waals surface area (Å²) in [5.41, 5.74) is 8.36. The van der Waals surface area contributed by atoms with Crippen LogP contribution in [-0.4, -0.2) is 0 Å². The Bertz CT molecular complexity index is 305. The second-order valence-electron chi connectivity index (χ2n) is 3.73. The summed E-state index contributed by atoms with van der Waals surface area (Å²) in [5.74, 6) is 0. The van der Waals surface area contributed by atoms with Crippen LogP contribution in [-0.2, 0) is 5.54 Å². The molecule has 1 aromatic carbocycles. The van der Waals surface area contributed by atoms with E-state index in [1.807, 2.05) is 0 Å². The van der Waals surface area contributed by atoms with Crippen LogP contribution < -0.4 is 5.73 Å². The van der Waals surface area contributed by atoms with Crippen LogP contribution in [0.3, 0.4) is 0 Å². The number of halogens is 1. The SMILES string of the molecule is CCC(C)(N)c1ccc(C)c(Br)c1. The maximum absolute atomic E-state index is 6.14. The van der Waals surface area contributed by atoms with E-state index in [1.54, 1.807) is 0 Å². The second kappa shape index (κ2) is 3.81. The molecule has 0 radical (unpaired) electrons. The minimum Gasteiger partial charge on any atom is -0.322 e. The van der Waals surface area contributed by atoms with Gasteiger partial charge in [0.25, 0.3) is 0 Å². The Morgan fingerprint density at radius 2 is 2.08 bits per heavy atom. The first-order valence-electron chi connectivity index (χ1n) is 4.53. The highest BCUT2D eigenvalue weighted by atomic mass is 79.9. The molecule has 1 unspecified atom stereocenters. The maximum atomic E-state index is 6.14. The highest BCUT2D eigenvalue weighted by molar-refractivity contribution is 9.10. The topological polar surface area (TPSA) is 26.0 Å². The first kappa shape index (κ1) is 10.7. The fourth-order valence-corrected chi connectivity index (χ4v) is 1.53. The van der Waals surface area contributed by atoms with Crippen LogP contribution in [0.2, 0.25) is 0 Å². The molecule has 2 heteroatoms. The molecule has 13 heavy (non-hydrogen) atoms. The molecule has 0 aliphatic carbocycles. The summed E-state index contributed by atoms with van der Waals surface area (Å²) in [5, 5.41) is 0. The number of hydrogen-bond acceptors (Lipinski definition) is 1. The lowest BCUT2D eigenvalue weighted by Gasteiger charge is -2.23. The van der Waals surface area contributed by atoms with Crippen molar-refractivity contribution >= 4 is 15.9 Å². The van der Waals surface area contributed by atoms with Gasteiger partial charge in [-0.2, -0.15) is 0 Å². The van der Waals surface area contributed by atoms with Crippen molar-refractivity contribution in [3.63, 3.8) is 0 Å². The highest BCUT2D eigenvalue weighted by Crippen LogP contribution is 2.26. The molecular formula is C11H16BrN. The van der Waals surface area contributed by atoms with Crippen LogP contribution in [0.5, 0.6) is 0 Å². The molecule has 1 aromatic rings. The minimum absolute atomic E-state index is 0.212. The van der Waals surface area contributed by atoms with Crippen molar-refractivity contribution in [3.05, 3.63) is 33.8 Å². The van der Waals surface area contributed by atoms with Gasteiger partial charge in [0.2, 0.25) is 0 Å². The second-order valence-corrected chi connectivity index (χ2v) is 4.59. The van der Waals surface area contributed by atoms with Crippen molar-refractivity contribution in [1.82, 2.24) is 0 Å². The molecule has 0 amide bonds. The largest absolute Gasteiger partial charge is 0.322 e. The van der Waals surface area contributed by atoms with Gasteiger partial charge in [0.1, 0.15) is 0 Å². The average molecular weight is 242 g/mol. The Hall–Kier alpha value is -0.340. The van der Waals surface area contributed by atoms with Crippen molar-refractivity contribution in [2.45, 2.75) is 32.7 Å². The van der Waals surface area contributed by atoms with E-state index in [9.17, 15) is 0 Å². The summed E-state index contributed by atoms with van der Waals surface area (Å²) >= 11 is 3.51. The number of aryl methyl sites for hydroxylation is 1. The van der Waals surface area contributed by atoms with Gasteiger partial charge < -0.3 is 5.73 Å². The van der Waals surface area contributed by atoms with E-state index in [4.69, 9.17) is 5.73 Å². The van der Waals surface area contributed by atoms with Crippen LogP contribution in [0.4, 0.5) is 0 Å². The zero-order chi connectivity index (χ0) is 10.1. The van der Waals surface area contributed by atoms with E-state index in [0.717, 1.165) is 10.9 Å². The van der Waals surface area contributed by atoms with Crippen molar-refractivity contribution in [1.29, 1.82) is 0 Å². The monoisotopic (exact) mass is 241 g/mol. The molecule has 1 rings (SSSR count). The maximum Gasteiger partial charge on any atom is 0.0378 e. The normalized spacial score (nSPS) is 15.5. The molecule has 2 N–H and O–H groups in total. The van der Waals surface area contributed by atoms with Gasteiger partial charge in [0.05, 0.1) is 0 Å². The number of benzene rings is 1. The summed E-state index contributed by atoms with van der Waals surface area (Å²) < 4.78 is 1.13. The standard InChI is InChI=1S/C11H16BrN/c1-4-11(3,13)9-6-5-8(2)10(12)7-9/h5-7H,4,13H2,1-3H3. The molecule has 72 valence electrons. The van der Waals surface area contributed by atoms with E-state index in [2.05, 4.69) is 54.9 Å². The fraction of sp³-hybridized carbons (Fsp3) is 0.455. The smallest absolute Gasteiger partial charge is 0.0378 e. The molecule has 0 aromatic heterocycles. The molecular weight excluding hydrogens is 226 g/mol. The zero-order valence-electron chi connectivity index (χ0n) is 8.39. The van der Waals surface area contributed by atoms with Crippen LogP contribution in [0.25, 0.3) is 0 Å². The van der Waals surface area contributed by atoms with E-state index in [1.165, 1.54) is 11.1 Å². The molecule has 0 fully saturated rings. The molecule has 0 spiro atoms. The van der Waals surface area contributed by atoms with E-state index >= 15 is 0 Å². The first-order chi connectivity index (χ1) is 5.97. The molecule has 0 aliphatic rings. The van der Waals surface area contributed by atoms with Gasteiger partial charge in [-0.1, -0.05) is 35.0 Å². The van der Waals surface area contributed by atoms with Gasteiger partial charge >= 0.3 is 0 Å². The van der Waals surface area contributed by atoms with E-state index in [0.29, 0.717) is 0 Å². The fourth-order valence-electron chi connectivity index (χ4n) is 1.15. The summed E-state index contributed by atoms with van der Waals surface area (Å²) in [4.78, 5) is 0. The lowest BCUT2D eigenvalue weighted by Crippen LogP contribution is -2.31. The van der Waals surface area contributed by atoms with Crippen LogP contribution in [0.15, 0.2) is 22.7 Å². The van der Waals surface area contributed by atoms with Gasteiger partial charge in [-0.3, -0.25) is 0 Å². The Kier molecular flexibility index (Phi) is 3.14. The third kappa shape index (κ3) is 2.32. The van der Waals surface area contributed by atoms with E-state index in [-0.39, 0.29) is 5.54 Å². The molecule has 0 bridgehead atoms. The predicted octanol–water partition coefficient (Wildman–Crippen LogP) is 3.34. The van der Waals surface area contributed by atoms with Crippen molar-refractivity contribution in [3.8, 4) is 0 Å². The third-order valence-electron chi connectivity index (χ3n) is 2.57. The third-order valence-corrected chi connectivity index (χ3v) is 3.42. The number of nitrogens with two attached hydrogens (primary N) is 1. The van der Waals surface area contributed by atoms with Gasteiger partial charge in [-0.05, 0) is 37.5 Å². The summed E-state index contributed by atoms with van der Waals surface area (Å²) in [6.45, 7) is 6.24. The minimum atomic E-state index is -0.212. The van der Waals surface area contributed by atoms with Gasteiger partial charge in [0.15, 0.2) is 0 Å². The first-order valence-corrected chi connectivity index (χ1v) is 5.32. The summed E-state index contributed by atoms with van der Waals surface area (Å²) in [7, 11) is 0. The molecule has 0 saturated carbocycles. The van der Waals surface area contributed by atoms with Crippen molar-refractivity contribution < 1.29 is 0 Å². The van der Waals surface area contributed by atoms with Gasteiger partial charge in [-0.15, -0.1) is 0 Å².